The maximum absolute atomic E-state index is 5.90. The Morgan fingerprint density at radius 2 is 2.00 bits per heavy atom. The molecule has 1 aromatic heterocycles. The quantitative estimate of drug-likeness (QED) is 0.734. The summed E-state index contributed by atoms with van der Waals surface area (Å²) in [4.78, 5) is 4.29. The highest BCUT2D eigenvalue weighted by atomic mass is 35.5. The minimum atomic E-state index is 0.363. The number of hydrogen-bond donors (Lipinski definition) is 1. The monoisotopic (exact) mass is 302 g/mol. The van der Waals surface area contributed by atoms with E-state index in [9.17, 15) is 0 Å². The number of anilines is 1. The van der Waals surface area contributed by atoms with Crippen LogP contribution in [0.4, 0.5) is 5.69 Å². The van der Waals surface area contributed by atoms with E-state index in [-0.39, 0.29) is 0 Å². The molecule has 0 bridgehead atoms. The zero-order valence-electron chi connectivity index (χ0n) is 11.1. The molecule has 0 aliphatic heterocycles. The van der Waals surface area contributed by atoms with Crippen molar-refractivity contribution in [2.45, 2.75) is 19.4 Å². The minimum absolute atomic E-state index is 0.363. The fraction of sp³-hybridized carbons (Fsp3) is 0.188. The van der Waals surface area contributed by atoms with E-state index in [0.29, 0.717) is 6.04 Å². The summed E-state index contributed by atoms with van der Waals surface area (Å²) in [5.41, 5.74) is 5.37. The van der Waals surface area contributed by atoms with E-state index in [1.807, 2.05) is 17.6 Å². The molecule has 4 heteroatoms. The Bertz CT molecular complexity index is 706. The van der Waals surface area contributed by atoms with Crippen LogP contribution in [0.1, 0.15) is 12.5 Å². The lowest BCUT2D eigenvalue weighted by Crippen LogP contribution is -2.17. The van der Waals surface area contributed by atoms with Crippen molar-refractivity contribution in [1.29, 1.82) is 0 Å². The van der Waals surface area contributed by atoms with E-state index >= 15 is 0 Å². The van der Waals surface area contributed by atoms with Gasteiger partial charge in [-0.25, -0.2) is 4.98 Å². The molecular formula is C16H15ClN2S. The van der Waals surface area contributed by atoms with Gasteiger partial charge in [-0.05, 0) is 49.2 Å². The van der Waals surface area contributed by atoms with Gasteiger partial charge in [-0.2, -0.15) is 0 Å². The van der Waals surface area contributed by atoms with E-state index in [2.05, 4.69) is 47.6 Å². The predicted molar refractivity (Wildman–Crippen MR) is 87.9 cm³/mol. The van der Waals surface area contributed by atoms with E-state index < -0.39 is 0 Å². The lowest BCUT2D eigenvalue weighted by Gasteiger charge is -2.15. The summed E-state index contributed by atoms with van der Waals surface area (Å²) in [5, 5.41) is 4.32. The van der Waals surface area contributed by atoms with Crippen LogP contribution in [0.3, 0.4) is 0 Å². The van der Waals surface area contributed by atoms with Gasteiger partial charge in [0.2, 0.25) is 0 Å². The summed E-state index contributed by atoms with van der Waals surface area (Å²) in [6.07, 6.45) is 0.970. The molecule has 1 N–H and O–H groups in total. The number of nitrogens with zero attached hydrogens (tertiary/aromatic N) is 1. The Hall–Kier alpha value is -1.58. The van der Waals surface area contributed by atoms with E-state index in [1.165, 1.54) is 10.3 Å². The Kier molecular flexibility index (Phi) is 3.90. The molecule has 3 rings (SSSR count). The number of nitrogens with one attached hydrogen (secondary N) is 1. The molecule has 2 nitrogen and oxygen atoms in total. The summed E-state index contributed by atoms with van der Waals surface area (Å²) in [7, 11) is 0. The van der Waals surface area contributed by atoms with Gasteiger partial charge in [0, 0.05) is 16.8 Å². The summed E-state index contributed by atoms with van der Waals surface area (Å²) < 4.78 is 1.22. The van der Waals surface area contributed by atoms with Crippen molar-refractivity contribution >= 4 is 38.8 Å². The van der Waals surface area contributed by atoms with E-state index in [1.54, 1.807) is 11.3 Å². The third kappa shape index (κ3) is 3.11. The van der Waals surface area contributed by atoms with Crippen LogP contribution in [0.25, 0.3) is 10.2 Å². The molecule has 1 unspecified atom stereocenters. The van der Waals surface area contributed by atoms with Crippen LogP contribution in [0.5, 0.6) is 0 Å². The number of halogens is 1. The van der Waals surface area contributed by atoms with Gasteiger partial charge in [0.25, 0.3) is 0 Å². The molecule has 0 amide bonds. The summed E-state index contributed by atoms with van der Waals surface area (Å²) in [6, 6.07) is 14.7. The summed E-state index contributed by atoms with van der Waals surface area (Å²) in [6.45, 7) is 2.19. The van der Waals surface area contributed by atoms with Crippen LogP contribution < -0.4 is 5.32 Å². The first kappa shape index (κ1) is 13.4. The fourth-order valence-electron chi connectivity index (χ4n) is 2.25. The maximum Gasteiger partial charge on any atom is 0.0813 e. The molecule has 2 aromatic carbocycles. The Morgan fingerprint density at radius 1 is 1.20 bits per heavy atom. The lowest BCUT2D eigenvalue weighted by atomic mass is 10.1. The van der Waals surface area contributed by atoms with Gasteiger partial charge in [0.1, 0.15) is 0 Å². The minimum Gasteiger partial charge on any atom is -0.382 e. The zero-order valence-corrected chi connectivity index (χ0v) is 12.7. The molecule has 0 radical (unpaired) electrons. The summed E-state index contributed by atoms with van der Waals surface area (Å²) >= 11 is 7.57. The van der Waals surface area contributed by atoms with Gasteiger partial charge >= 0.3 is 0 Å². The standard InChI is InChI=1S/C16H15ClN2S/c1-11(8-12-2-4-13(17)5-3-12)19-14-6-7-15-16(9-14)20-10-18-15/h2-7,9-11,19H,8H2,1H3. The van der Waals surface area contributed by atoms with Crippen molar-refractivity contribution in [1.82, 2.24) is 4.98 Å². The molecule has 0 saturated heterocycles. The topological polar surface area (TPSA) is 24.9 Å². The molecule has 0 aliphatic rings. The van der Waals surface area contributed by atoms with Crippen molar-refractivity contribution in [3.8, 4) is 0 Å². The molecule has 0 saturated carbocycles. The molecule has 0 fully saturated rings. The molecule has 1 heterocycles. The smallest absolute Gasteiger partial charge is 0.0813 e. The van der Waals surface area contributed by atoms with Gasteiger partial charge in [0.05, 0.1) is 15.7 Å². The first-order valence-electron chi connectivity index (χ1n) is 6.55. The molecule has 1 atom stereocenters. The highest BCUT2D eigenvalue weighted by molar-refractivity contribution is 7.16. The summed E-state index contributed by atoms with van der Waals surface area (Å²) in [5.74, 6) is 0. The average Bonchev–Trinajstić information content (AvgIpc) is 2.89. The maximum atomic E-state index is 5.90. The van der Waals surface area contributed by atoms with Gasteiger partial charge in [-0.3, -0.25) is 0 Å². The number of fused-ring (bicyclic) bond motifs is 1. The van der Waals surface area contributed by atoms with Crippen LogP contribution in [0.2, 0.25) is 5.02 Å². The SMILES string of the molecule is CC(Cc1ccc(Cl)cc1)Nc1ccc2ncsc2c1. The molecular weight excluding hydrogens is 288 g/mol. The zero-order chi connectivity index (χ0) is 13.9. The highest BCUT2D eigenvalue weighted by Gasteiger charge is 2.05. The third-order valence-corrected chi connectivity index (χ3v) is 4.24. The van der Waals surface area contributed by atoms with Crippen LogP contribution >= 0.6 is 22.9 Å². The largest absolute Gasteiger partial charge is 0.382 e. The molecule has 0 aliphatic carbocycles. The van der Waals surface area contributed by atoms with Gasteiger partial charge in [-0.15, -0.1) is 11.3 Å². The van der Waals surface area contributed by atoms with Gasteiger partial charge in [0.15, 0.2) is 0 Å². The van der Waals surface area contributed by atoms with Crippen molar-refractivity contribution in [3.05, 3.63) is 58.6 Å². The van der Waals surface area contributed by atoms with Crippen molar-refractivity contribution in [2.75, 3.05) is 5.32 Å². The lowest BCUT2D eigenvalue weighted by molar-refractivity contribution is 0.790. The number of hydrogen-bond acceptors (Lipinski definition) is 3. The van der Waals surface area contributed by atoms with Gasteiger partial charge in [-0.1, -0.05) is 23.7 Å². The Balaban J connectivity index is 1.68. The number of benzene rings is 2. The van der Waals surface area contributed by atoms with E-state index in [0.717, 1.165) is 22.6 Å². The number of thiazole rings is 1. The fourth-order valence-corrected chi connectivity index (χ4v) is 3.10. The second kappa shape index (κ2) is 5.81. The second-order valence-electron chi connectivity index (χ2n) is 4.91. The Labute approximate surface area is 127 Å². The van der Waals surface area contributed by atoms with Crippen LogP contribution in [0, 0.1) is 0 Å². The first-order chi connectivity index (χ1) is 9.70. The normalized spacial score (nSPS) is 12.5. The van der Waals surface area contributed by atoms with Crippen molar-refractivity contribution in [2.24, 2.45) is 0 Å². The third-order valence-electron chi connectivity index (χ3n) is 3.20. The average molecular weight is 303 g/mol. The molecule has 3 aromatic rings. The van der Waals surface area contributed by atoms with Crippen molar-refractivity contribution < 1.29 is 0 Å². The molecule has 102 valence electrons. The Morgan fingerprint density at radius 3 is 2.80 bits per heavy atom. The second-order valence-corrected chi connectivity index (χ2v) is 6.23. The van der Waals surface area contributed by atoms with Crippen LogP contribution in [0.15, 0.2) is 48.0 Å². The predicted octanol–water partition coefficient (Wildman–Crippen LogP) is 4.99. The number of aromatic nitrogens is 1. The van der Waals surface area contributed by atoms with Crippen LogP contribution in [-0.4, -0.2) is 11.0 Å². The van der Waals surface area contributed by atoms with Crippen molar-refractivity contribution in [3.63, 3.8) is 0 Å². The number of rotatable bonds is 4. The molecule has 20 heavy (non-hydrogen) atoms. The molecule has 0 spiro atoms. The highest BCUT2D eigenvalue weighted by Crippen LogP contribution is 2.22. The van der Waals surface area contributed by atoms with E-state index in [4.69, 9.17) is 11.6 Å². The van der Waals surface area contributed by atoms with Crippen LogP contribution in [-0.2, 0) is 6.42 Å². The van der Waals surface area contributed by atoms with Gasteiger partial charge < -0.3 is 5.32 Å². The first-order valence-corrected chi connectivity index (χ1v) is 7.81.